The van der Waals surface area contributed by atoms with Gasteiger partial charge in [-0.15, -0.1) is 0 Å². The third-order valence-electron chi connectivity index (χ3n) is 3.19. The summed E-state index contributed by atoms with van der Waals surface area (Å²) in [6.45, 7) is 3.51. The molecule has 0 aliphatic heterocycles. The van der Waals surface area contributed by atoms with Gasteiger partial charge < -0.3 is 14.9 Å². The van der Waals surface area contributed by atoms with Gasteiger partial charge in [-0.25, -0.2) is 4.79 Å². The van der Waals surface area contributed by atoms with E-state index in [9.17, 15) is 9.90 Å². The normalized spacial score (nSPS) is 27.8. The number of aliphatic carboxylic acids is 1. The van der Waals surface area contributed by atoms with Crippen LogP contribution in [-0.4, -0.2) is 34.5 Å². The van der Waals surface area contributed by atoms with Crippen LogP contribution in [-0.2, 0) is 9.53 Å². The van der Waals surface area contributed by atoms with Gasteiger partial charge in [0.05, 0.1) is 18.3 Å². The molecular weight excluding hydrogens is 220 g/mol. The molecule has 0 saturated heterocycles. The van der Waals surface area contributed by atoms with E-state index in [4.69, 9.17) is 9.84 Å². The molecule has 4 heteroatoms. The Morgan fingerprint density at radius 1 is 1.47 bits per heavy atom. The van der Waals surface area contributed by atoms with E-state index in [2.05, 4.69) is 0 Å². The minimum absolute atomic E-state index is 0.147. The van der Waals surface area contributed by atoms with Gasteiger partial charge >= 0.3 is 5.97 Å². The Bertz CT molecular complexity index is 285. The molecule has 17 heavy (non-hydrogen) atoms. The summed E-state index contributed by atoms with van der Waals surface area (Å²) in [5.74, 6) is -0.920. The van der Waals surface area contributed by atoms with Gasteiger partial charge in [-0.1, -0.05) is 19.8 Å². The predicted octanol–water partition coefficient (Wildman–Crippen LogP) is 2.12. The van der Waals surface area contributed by atoms with Crippen LogP contribution in [0.15, 0.2) is 11.6 Å². The lowest BCUT2D eigenvalue weighted by atomic mass is 9.94. The van der Waals surface area contributed by atoms with Crippen LogP contribution in [0.25, 0.3) is 0 Å². The van der Waals surface area contributed by atoms with E-state index in [1.807, 2.05) is 6.92 Å². The van der Waals surface area contributed by atoms with Gasteiger partial charge in [0, 0.05) is 5.57 Å². The second kappa shape index (κ2) is 6.77. The molecule has 1 aliphatic carbocycles. The first-order valence-corrected chi connectivity index (χ1v) is 6.29. The van der Waals surface area contributed by atoms with Crippen molar-refractivity contribution < 1.29 is 19.7 Å². The predicted molar refractivity (Wildman–Crippen MR) is 64.8 cm³/mol. The molecule has 0 aromatic carbocycles. The molecule has 0 spiro atoms. The maximum atomic E-state index is 10.7. The number of rotatable bonds is 5. The van der Waals surface area contributed by atoms with Crippen molar-refractivity contribution in [2.45, 2.75) is 64.3 Å². The van der Waals surface area contributed by atoms with Crippen molar-refractivity contribution in [2.75, 3.05) is 0 Å². The van der Waals surface area contributed by atoms with Crippen molar-refractivity contribution in [1.82, 2.24) is 0 Å². The Labute approximate surface area is 102 Å². The van der Waals surface area contributed by atoms with E-state index >= 15 is 0 Å². The van der Waals surface area contributed by atoms with Gasteiger partial charge in [0.15, 0.2) is 0 Å². The van der Waals surface area contributed by atoms with Gasteiger partial charge in [-0.05, 0) is 32.3 Å². The zero-order valence-electron chi connectivity index (χ0n) is 10.6. The van der Waals surface area contributed by atoms with Crippen molar-refractivity contribution in [2.24, 2.45) is 0 Å². The van der Waals surface area contributed by atoms with Crippen LogP contribution in [0.2, 0.25) is 0 Å². The summed E-state index contributed by atoms with van der Waals surface area (Å²) in [6, 6.07) is 0. The van der Waals surface area contributed by atoms with Gasteiger partial charge in [-0.2, -0.15) is 0 Å². The lowest BCUT2D eigenvalue weighted by molar-refractivity contribution is -0.132. The molecule has 2 N–H and O–H groups in total. The second-order valence-corrected chi connectivity index (χ2v) is 4.63. The van der Waals surface area contributed by atoms with Gasteiger partial charge in [0.1, 0.15) is 0 Å². The maximum absolute atomic E-state index is 10.7. The van der Waals surface area contributed by atoms with E-state index in [1.165, 1.54) is 0 Å². The first-order valence-electron chi connectivity index (χ1n) is 6.29. The van der Waals surface area contributed by atoms with Crippen LogP contribution < -0.4 is 0 Å². The third kappa shape index (κ3) is 4.48. The molecule has 1 aliphatic rings. The highest BCUT2D eigenvalue weighted by Crippen LogP contribution is 2.23. The van der Waals surface area contributed by atoms with Crippen LogP contribution in [0, 0.1) is 0 Å². The maximum Gasteiger partial charge on any atom is 0.331 e. The molecule has 1 rings (SSSR count). The highest BCUT2D eigenvalue weighted by atomic mass is 16.5. The van der Waals surface area contributed by atoms with E-state index in [0.29, 0.717) is 12.0 Å². The molecule has 3 atom stereocenters. The first kappa shape index (κ1) is 14.2. The zero-order chi connectivity index (χ0) is 12.8. The standard InChI is InChI=1S/C13H22O4/c1-3-10(8-9(2)13(15)16)17-12-7-5-4-6-11(12)14/h8,10-12,14H,3-7H2,1-2H3,(H,15,16). The highest BCUT2D eigenvalue weighted by Gasteiger charge is 2.25. The molecule has 0 bridgehead atoms. The number of aliphatic hydroxyl groups is 1. The minimum atomic E-state index is -0.920. The number of hydrogen-bond donors (Lipinski definition) is 2. The smallest absolute Gasteiger partial charge is 0.331 e. The first-order chi connectivity index (χ1) is 8.04. The van der Waals surface area contributed by atoms with Crippen LogP contribution in [0.1, 0.15) is 46.0 Å². The summed E-state index contributed by atoms with van der Waals surface area (Å²) < 4.78 is 5.78. The van der Waals surface area contributed by atoms with Crippen LogP contribution in [0.4, 0.5) is 0 Å². The minimum Gasteiger partial charge on any atom is -0.478 e. The average molecular weight is 242 g/mol. The summed E-state index contributed by atoms with van der Waals surface area (Å²) in [4.78, 5) is 10.7. The van der Waals surface area contributed by atoms with Crippen molar-refractivity contribution in [3.8, 4) is 0 Å². The molecule has 0 aromatic rings. The summed E-state index contributed by atoms with van der Waals surface area (Å²) >= 11 is 0. The Kier molecular flexibility index (Phi) is 5.65. The molecular formula is C13H22O4. The Hall–Kier alpha value is -0.870. The van der Waals surface area contributed by atoms with E-state index in [1.54, 1.807) is 13.0 Å². The Morgan fingerprint density at radius 3 is 2.65 bits per heavy atom. The zero-order valence-corrected chi connectivity index (χ0v) is 10.6. The monoisotopic (exact) mass is 242 g/mol. The summed E-state index contributed by atoms with van der Waals surface area (Å²) in [7, 11) is 0. The van der Waals surface area contributed by atoms with Crippen LogP contribution in [0.3, 0.4) is 0 Å². The lowest BCUT2D eigenvalue weighted by Gasteiger charge is -2.30. The molecule has 0 aromatic heterocycles. The van der Waals surface area contributed by atoms with Gasteiger partial charge in [0.2, 0.25) is 0 Å². The molecule has 0 radical (unpaired) electrons. The molecule has 1 fully saturated rings. The Balaban J connectivity index is 2.56. The molecule has 0 amide bonds. The second-order valence-electron chi connectivity index (χ2n) is 4.63. The van der Waals surface area contributed by atoms with Crippen molar-refractivity contribution in [1.29, 1.82) is 0 Å². The molecule has 3 unspecified atom stereocenters. The number of ether oxygens (including phenoxy) is 1. The van der Waals surface area contributed by atoms with E-state index in [-0.39, 0.29) is 12.2 Å². The van der Waals surface area contributed by atoms with Crippen molar-refractivity contribution in [3.05, 3.63) is 11.6 Å². The van der Waals surface area contributed by atoms with E-state index in [0.717, 1.165) is 25.7 Å². The summed E-state index contributed by atoms with van der Waals surface area (Å²) in [5, 5.41) is 18.6. The molecule has 0 heterocycles. The van der Waals surface area contributed by atoms with Gasteiger partial charge in [-0.3, -0.25) is 0 Å². The highest BCUT2D eigenvalue weighted by molar-refractivity contribution is 5.85. The quantitative estimate of drug-likeness (QED) is 0.725. The van der Waals surface area contributed by atoms with Crippen LogP contribution in [0.5, 0.6) is 0 Å². The fourth-order valence-electron chi connectivity index (χ4n) is 2.06. The third-order valence-corrected chi connectivity index (χ3v) is 3.19. The van der Waals surface area contributed by atoms with Crippen LogP contribution >= 0.6 is 0 Å². The Morgan fingerprint density at radius 2 is 2.12 bits per heavy atom. The number of carboxylic acid groups (broad SMARTS) is 1. The number of hydrogen-bond acceptors (Lipinski definition) is 3. The molecule has 4 nitrogen and oxygen atoms in total. The average Bonchev–Trinajstić information content (AvgIpc) is 2.30. The largest absolute Gasteiger partial charge is 0.478 e. The number of carbonyl (C=O) groups is 1. The topological polar surface area (TPSA) is 66.8 Å². The van der Waals surface area contributed by atoms with E-state index < -0.39 is 12.1 Å². The molecule has 98 valence electrons. The SMILES string of the molecule is CCC(C=C(C)C(=O)O)OC1CCCCC1O. The molecule has 1 saturated carbocycles. The summed E-state index contributed by atoms with van der Waals surface area (Å²) in [6.07, 6.45) is 5.33. The van der Waals surface area contributed by atoms with Crippen molar-refractivity contribution >= 4 is 5.97 Å². The summed E-state index contributed by atoms with van der Waals surface area (Å²) in [5.41, 5.74) is 0.294. The lowest BCUT2D eigenvalue weighted by Crippen LogP contribution is -2.35. The number of carboxylic acids is 1. The fourth-order valence-corrected chi connectivity index (χ4v) is 2.06. The fraction of sp³-hybridized carbons (Fsp3) is 0.769. The number of aliphatic hydroxyl groups excluding tert-OH is 1. The van der Waals surface area contributed by atoms with Crippen molar-refractivity contribution in [3.63, 3.8) is 0 Å². The van der Waals surface area contributed by atoms with Gasteiger partial charge in [0.25, 0.3) is 0 Å².